The van der Waals surface area contributed by atoms with Crippen LogP contribution in [0.3, 0.4) is 0 Å². The van der Waals surface area contributed by atoms with E-state index in [-0.39, 0.29) is 29.2 Å². The fourth-order valence-corrected chi connectivity index (χ4v) is 11.1. The molecule has 41 heavy (non-hydrogen) atoms. The number of halogens is 9. The summed E-state index contributed by atoms with van der Waals surface area (Å²) in [5, 5.41) is -5.59. The topological polar surface area (TPSA) is 43.4 Å². The Morgan fingerprint density at radius 1 is 0.780 bits per heavy atom. The summed E-state index contributed by atoms with van der Waals surface area (Å²) in [5.74, 6) is -14.1. The second-order valence-electron chi connectivity index (χ2n) is 9.90. The molecular formula is C26H31F9O3S3. The van der Waals surface area contributed by atoms with Crippen LogP contribution in [0.25, 0.3) is 10.8 Å². The Morgan fingerprint density at radius 2 is 1.34 bits per heavy atom. The second kappa shape index (κ2) is 12.7. The van der Waals surface area contributed by atoms with Crippen molar-refractivity contribution in [3.63, 3.8) is 0 Å². The van der Waals surface area contributed by atoms with E-state index < -0.39 is 43.7 Å². The first-order chi connectivity index (χ1) is 18.9. The Kier molecular flexibility index (Phi) is 10.6. The van der Waals surface area contributed by atoms with Crippen LogP contribution in [0, 0.1) is 0 Å². The predicted octanol–water partition coefficient (Wildman–Crippen LogP) is 9.94. The first-order valence-corrected chi connectivity index (χ1v) is 17.3. The van der Waals surface area contributed by atoms with Crippen LogP contribution in [-0.2, 0) is 13.7 Å². The fourth-order valence-electron chi connectivity index (χ4n) is 4.44. The molecule has 0 radical (unpaired) electrons. The number of alkyl halides is 9. The summed E-state index contributed by atoms with van der Waals surface area (Å²) in [5.41, 5.74) is 0. The zero-order valence-corrected chi connectivity index (χ0v) is 24.5. The first-order valence-electron chi connectivity index (χ1n) is 13.0. The van der Waals surface area contributed by atoms with Crippen LogP contribution < -0.4 is 0 Å². The van der Waals surface area contributed by atoms with Gasteiger partial charge in [-0.2, -0.15) is 47.9 Å². The zero-order chi connectivity index (χ0) is 30.7. The molecule has 0 aliphatic carbocycles. The quantitative estimate of drug-likeness (QED) is 0.115. The number of thioether (sulfide) groups is 1. The largest absolute Gasteiger partial charge is 0.460 e. The number of hydrogen-bond donors (Lipinski definition) is 0. The third-order valence-electron chi connectivity index (χ3n) is 6.83. The van der Waals surface area contributed by atoms with Gasteiger partial charge in [-0.3, -0.25) is 0 Å². The van der Waals surface area contributed by atoms with E-state index in [9.17, 15) is 47.9 Å². The minimum atomic E-state index is -7.34. The van der Waals surface area contributed by atoms with Crippen LogP contribution in [0.5, 0.6) is 0 Å². The maximum atomic E-state index is 14.4. The van der Waals surface area contributed by atoms with Crippen molar-refractivity contribution in [2.45, 2.75) is 91.4 Å². The van der Waals surface area contributed by atoms with Crippen molar-refractivity contribution >= 4 is 43.0 Å². The molecule has 1 fully saturated rings. The monoisotopic (exact) mass is 658 g/mol. The van der Waals surface area contributed by atoms with E-state index in [0.717, 1.165) is 28.9 Å². The molecule has 0 aromatic heterocycles. The van der Waals surface area contributed by atoms with Gasteiger partial charge in [0.05, 0.1) is 0 Å². The van der Waals surface area contributed by atoms with E-state index in [1.165, 1.54) is 37.8 Å². The number of unbranched alkanes of at least 4 members (excludes halogenated alkanes) is 5. The minimum absolute atomic E-state index is 0.0836. The summed E-state index contributed by atoms with van der Waals surface area (Å²) in [6.07, 6.45) is 0.272. The van der Waals surface area contributed by atoms with E-state index in [1.54, 1.807) is 23.9 Å². The normalized spacial score (nSPS) is 17.7. The third-order valence-corrected chi connectivity index (χ3v) is 13.6. The van der Waals surface area contributed by atoms with Crippen molar-refractivity contribution in [3.05, 3.63) is 36.4 Å². The number of fused-ring (bicyclic) bond motifs is 1. The lowest BCUT2D eigenvalue weighted by atomic mass is 10.1. The van der Waals surface area contributed by atoms with Crippen LogP contribution >= 0.6 is 22.1 Å². The van der Waals surface area contributed by atoms with E-state index in [2.05, 4.69) is 10.6 Å². The lowest BCUT2D eigenvalue weighted by molar-refractivity contribution is -0.382. The summed E-state index contributed by atoms with van der Waals surface area (Å²) < 4.78 is 150. The number of rotatable bonds is 14. The van der Waals surface area contributed by atoms with Crippen LogP contribution in [0.1, 0.15) is 58.3 Å². The molecule has 3 rings (SSSR count). The van der Waals surface area contributed by atoms with Crippen molar-refractivity contribution in [1.82, 2.24) is 0 Å². The van der Waals surface area contributed by atoms with Crippen molar-refractivity contribution in [2.24, 2.45) is 0 Å². The standard InChI is InChI=1S/C26H31F9O3S3/c1-2-3-4-5-6-7-14-39-21-12-10-20-18-22(13-11-19(20)17-21)40(15-8-9-16-40)38-41(36,37)26(34,35)24(29,30)23(27,28)25(31,32)33/h10-13,17-18H,2-9,14-16H2,1H3. The molecule has 234 valence electrons. The van der Waals surface area contributed by atoms with Gasteiger partial charge >= 0.3 is 33.4 Å². The smallest absolute Gasteiger partial charge is 0.211 e. The highest BCUT2D eigenvalue weighted by molar-refractivity contribution is 8.33. The molecule has 3 nitrogen and oxygen atoms in total. The second-order valence-corrected chi connectivity index (χ2v) is 15.9. The van der Waals surface area contributed by atoms with Gasteiger partial charge in [0.1, 0.15) is 0 Å². The van der Waals surface area contributed by atoms with Crippen molar-refractivity contribution in [2.75, 3.05) is 17.3 Å². The average Bonchev–Trinajstić information content (AvgIpc) is 3.35. The molecule has 1 aliphatic heterocycles. The number of hydrogen-bond acceptors (Lipinski definition) is 4. The van der Waals surface area contributed by atoms with E-state index in [0.29, 0.717) is 5.39 Å². The Hall–Kier alpha value is -1.32. The van der Waals surface area contributed by atoms with Gasteiger partial charge in [0, 0.05) is 21.3 Å². The molecule has 15 heteroatoms. The molecule has 1 heterocycles. The number of benzene rings is 2. The van der Waals surface area contributed by atoms with E-state index >= 15 is 0 Å². The molecule has 0 bridgehead atoms. The van der Waals surface area contributed by atoms with Gasteiger partial charge < -0.3 is 0 Å². The Morgan fingerprint density at radius 3 is 1.95 bits per heavy atom. The fraction of sp³-hybridized carbons (Fsp3) is 0.615. The summed E-state index contributed by atoms with van der Waals surface area (Å²) in [6, 6.07) is 9.83. The minimum Gasteiger partial charge on any atom is -0.211 e. The molecule has 0 amide bonds. The SMILES string of the molecule is CCCCCCCCSc1ccc2cc(S3(OS(=O)(=O)C(F)(F)C(F)(F)C(F)(F)C(F)(F)F)CCCC3)ccc2c1. The van der Waals surface area contributed by atoms with Crippen LogP contribution in [-0.4, -0.2) is 49.0 Å². The Balaban J connectivity index is 1.83. The Labute approximate surface area is 239 Å². The van der Waals surface area contributed by atoms with Gasteiger partial charge in [-0.25, -0.2) is 3.63 Å². The third kappa shape index (κ3) is 6.93. The summed E-state index contributed by atoms with van der Waals surface area (Å²) in [6.45, 7) is 2.15. The highest BCUT2D eigenvalue weighted by Crippen LogP contribution is 2.65. The molecule has 0 spiro atoms. The Bertz CT molecular complexity index is 1290. The van der Waals surface area contributed by atoms with Gasteiger partial charge in [-0.15, -0.1) is 11.8 Å². The molecule has 1 aliphatic rings. The highest BCUT2D eigenvalue weighted by Gasteiger charge is 2.86. The molecule has 0 unspecified atom stereocenters. The van der Waals surface area contributed by atoms with Gasteiger partial charge in [0.25, 0.3) is 0 Å². The van der Waals surface area contributed by atoms with Crippen molar-refractivity contribution in [3.8, 4) is 0 Å². The molecule has 2 aromatic rings. The predicted molar refractivity (Wildman–Crippen MR) is 144 cm³/mol. The van der Waals surface area contributed by atoms with Gasteiger partial charge in [0.15, 0.2) is 0 Å². The molecule has 0 saturated carbocycles. The maximum Gasteiger partial charge on any atom is 0.460 e. The van der Waals surface area contributed by atoms with Gasteiger partial charge in [0.2, 0.25) is 0 Å². The van der Waals surface area contributed by atoms with Gasteiger partial charge in [-0.05, 0) is 60.1 Å². The van der Waals surface area contributed by atoms with Crippen LogP contribution in [0.4, 0.5) is 39.5 Å². The average molecular weight is 659 g/mol. The van der Waals surface area contributed by atoms with E-state index in [4.69, 9.17) is 0 Å². The van der Waals surface area contributed by atoms with Crippen molar-refractivity contribution in [1.29, 1.82) is 0 Å². The lowest BCUT2D eigenvalue weighted by Gasteiger charge is -2.38. The first kappa shape index (κ1) is 34.2. The summed E-state index contributed by atoms with van der Waals surface area (Å²) in [7, 11) is -10.2. The molecule has 0 atom stereocenters. The molecule has 2 aromatic carbocycles. The lowest BCUT2D eigenvalue weighted by Crippen LogP contribution is -2.63. The molecule has 1 saturated heterocycles. The molecular weight excluding hydrogens is 627 g/mol. The van der Waals surface area contributed by atoms with Gasteiger partial charge in [-0.1, -0.05) is 61.5 Å². The highest BCUT2D eigenvalue weighted by atomic mass is 32.3. The summed E-state index contributed by atoms with van der Waals surface area (Å²) in [4.78, 5) is 1.05. The summed E-state index contributed by atoms with van der Waals surface area (Å²) >= 11 is 1.65. The van der Waals surface area contributed by atoms with Crippen molar-refractivity contribution < 1.29 is 51.6 Å². The maximum absolute atomic E-state index is 14.4. The van der Waals surface area contributed by atoms with Crippen LogP contribution in [0.2, 0.25) is 0 Å². The molecule has 0 N–H and O–H groups in total. The zero-order valence-electron chi connectivity index (χ0n) is 22.1. The van der Waals surface area contributed by atoms with Crippen LogP contribution in [0.15, 0.2) is 46.2 Å². The van der Waals surface area contributed by atoms with E-state index in [1.807, 2.05) is 12.1 Å².